The summed E-state index contributed by atoms with van der Waals surface area (Å²) in [6.45, 7) is 8.61. The summed E-state index contributed by atoms with van der Waals surface area (Å²) in [4.78, 5) is 24.4. The van der Waals surface area contributed by atoms with Gasteiger partial charge in [-0.15, -0.1) is 0 Å². The largest absolute Gasteiger partial charge is 0.464 e. The number of nitrogens with one attached hydrogen (secondary N) is 1. The number of ether oxygens (including phenoxy) is 2. The summed E-state index contributed by atoms with van der Waals surface area (Å²) >= 11 is 0. The molecule has 104 valence electrons. The molecule has 0 aliphatic carbocycles. The first kappa shape index (κ1) is 15.0. The zero-order chi connectivity index (χ0) is 13.8. The molecule has 1 heterocycles. The van der Waals surface area contributed by atoms with Crippen LogP contribution in [0.2, 0.25) is 0 Å². The Morgan fingerprint density at radius 1 is 1.22 bits per heavy atom. The molecule has 0 aromatic carbocycles. The molecule has 18 heavy (non-hydrogen) atoms. The lowest BCUT2D eigenvalue weighted by molar-refractivity contribution is -0.168. The van der Waals surface area contributed by atoms with E-state index >= 15 is 0 Å². The molecule has 0 saturated carbocycles. The van der Waals surface area contributed by atoms with E-state index in [0.29, 0.717) is 6.54 Å². The van der Waals surface area contributed by atoms with Gasteiger partial charge in [-0.05, 0) is 32.7 Å². The minimum Gasteiger partial charge on any atom is -0.464 e. The highest BCUT2D eigenvalue weighted by Gasteiger charge is 2.58. The zero-order valence-corrected chi connectivity index (χ0v) is 11.6. The Kier molecular flexibility index (Phi) is 5.14. The van der Waals surface area contributed by atoms with E-state index in [9.17, 15) is 9.59 Å². The van der Waals surface area contributed by atoms with Crippen LogP contribution in [0.5, 0.6) is 0 Å². The molecule has 0 radical (unpaired) electrons. The number of esters is 2. The second-order valence-electron chi connectivity index (χ2n) is 4.81. The van der Waals surface area contributed by atoms with Crippen molar-refractivity contribution >= 4 is 11.9 Å². The fourth-order valence-electron chi connectivity index (χ4n) is 2.63. The summed E-state index contributed by atoms with van der Waals surface area (Å²) < 4.78 is 10.1. The zero-order valence-electron chi connectivity index (χ0n) is 11.6. The lowest BCUT2D eigenvalue weighted by Crippen LogP contribution is -2.61. The van der Waals surface area contributed by atoms with Crippen molar-refractivity contribution in [3.63, 3.8) is 0 Å². The molecule has 1 aliphatic rings. The third kappa shape index (κ3) is 2.51. The molecule has 1 atom stereocenters. The molecular weight excluding hydrogens is 234 g/mol. The van der Waals surface area contributed by atoms with Crippen molar-refractivity contribution < 1.29 is 19.1 Å². The molecule has 0 spiro atoms. The standard InChI is InChI=1S/C13H23NO4/c1-5-17-11(15)13(12(16)18-6-2)10(9(3)4)7-8-14-13/h9-10,14H,5-8H2,1-4H3. The number of rotatable bonds is 5. The highest BCUT2D eigenvalue weighted by Crippen LogP contribution is 2.35. The maximum absolute atomic E-state index is 12.2. The van der Waals surface area contributed by atoms with E-state index in [4.69, 9.17) is 9.47 Å². The van der Waals surface area contributed by atoms with Crippen molar-refractivity contribution in [1.29, 1.82) is 0 Å². The van der Waals surface area contributed by atoms with E-state index in [1.165, 1.54) is 0 Å². The van der Waals surface area contributed by atoms with Crippen molar-refractivity contribution in [3.05, 3.63) is 0 Å². The lowest BCUT2D eigenvalue weighted by atomic mass is 9.78. The third-order valence-electron chi connectivity index (χ3n) is 3.41. The van der Waals surface area contributed by atoms with E-state index in [1.54, 1.807) is 13.8 Å². The van der Waals surface area contributed by atoms with Crippen molar-refractivity contribution in [2.75, 3.05) is 19.8 Å². The van der Waals surface area contributed by atoms with Gasteiger partial charge >= 0.3 is 11.9 Å². The molecular formula is C13H23NO4. The van der Waals surface area contributed by atoms with Gasteiger partial charge in [0.2, 0.25) is 5.54 Å². The summed E-state index contributed by atoms with van der Waals surface area (Å²) in [5, 5.41) is 3.02. The Bertz CT molecular complexity index is 296. The van der Waals surface area contributed by atoms with Gasteiger partial charge in [-0.3, -0.25) is 5.32 Å². The van der Waals surface area contributed by atoms with Crippen molar-refractivity contribution in [3.8, 4) is 0 Å². The summed E-state index contributed by atoms with van der Waals surface area (Å²) in [5.41, 5.74) is -1.32. The van der Waals surface area contributed by atoms with Gasteiger partial charge in [-0.2, -0.15) is 0 Å². The molecule has 5 nitrogen and oxygen atoms in total. The van der Waals surface area contributed by atoms with Crippen molar-refractivity contribution in [2.45, 2.75) is 39.7 Å². The van der Waals surface area contributed by atoms with E-state index in [0.717, 1.165) is 6.42 Å². The molecule has 1 aliphatic heterocycles. The lowest BCUT2D eigenvalue weighted by Gasteiger charge is -2.32. The van der Waals surface area contributed by atoms with Gasteiger partial charge in [0.15, 0.2) is 0 Å². The maximum atomic E-state index is 12.2. The predicted octanol–water partition coefficient (Wildman–Crippen LogP) is 1.12. The van der Waals surface area contributed by atoms with Crippen LogP contribution >= 0.6 is 0 Å². The quantitative estimate of drug-likeness (QED) is 0.590. The van der Waals surface area contributed by atoms with E-state index in [1.807, 2.05) is 13.8 Å². The van der Waals surface area contributed by atoms with Crippen LogP contribution in [0, 0.1) is 11.8 Å². The molecule has 1 unspecified atom stereocenters. The highest BCUT2D eigenvalue weighted by atomic mass is 16.6. The van der Waals surface area contributed by atoms with Crippen molar-refractivity contribution in [1.82, 2.24) is 5.32 Å². The average molecular weight is 257 g/mol. The predicted molar refractivity (Wildman–Crippen MR) is 66.9 cm³/mol. The maximum Gasteiger partial charge on any atom is 0.338 e. The third-order valence-corrected chi connectivity index (χ3v) is 3.41. The second-order valence-corrected chi connectivity index (χ2v) is 4.81. The Labute approximate surface area is 108 Å². The second kappa shape index (κ2) is 6.18. The summed E-state index contributed by atoms with van der Waals surface area (Å²) in [5.74, 6) is -0.913. The first-order valence-electron chi connectivity index (χ1n) is 6.60. The average Bonchev–Trinajstić information content (AvgIpc) is 2.75. The van der Waals surface area contributed by atoms with Crippen LogP contribution < -0.4 is 5.32 Å². The normalized spacial score (nSPS) is 21.9. The Hall–Kier alpha value is -1.10. The first-order valence-corrected chi connectivity index (χ1v) is 6.60. The highest BCUT2D eigenvalue weighted by molar-refractivity contribution is 6.05. The van der Waals surface area contributed by atoms with Crippen LogP contribution in [0.4, 0.5) is 0 Å². The van der Waals surface area contributed by atoms with Gasteiger partial charge in [-0.25, -0.2) is 9.59 Å². The van der Waals surface area contributed by atoms with Crippen LogP contribution in [0.15, 0.2) is 0 Å². The van der Waals surface area contributed by atoms with Gasteiger partial charge < -0.3 is 9.47 Å². The molecule has 0 bridgehead atoms. The van der Waals surface area contributed by atoms with Crippen LogP contribution in [0.25, 0.3) is 0 Å². The van der Waals surface area contributed by atoms with Crippen molar-refractivity contribution in [2.24, 2.45) is 11.8 Å². The topological polar surface area (TPSA) is 64.6 Å². The SMILES string of the molecule is CCOC(=O)C1(C(=O)OCC)NCCC1C(C)C. The van der Waals surface area contributed by atoms with Crippen LogP contribution in [0.3, 0.4) is 0 Å². The number of hydrogen-bond donors (Lipinski definition) is 1. The Morgan fingerprint density at radius 2 is 1.72 bits per heavy atom. The van der Waals surface area contributed by atoms with Gasteiger partial charge in [0.25, 0.3) is 0 Å². The molecule has 1 rings (SSSR count). The van der Waals surface area contributed by atoms with E-state index in [-0.39, 0.29) is 25.0 Å². The summed E-state index contributed by atoms with van der Waals surface area (Å²) in [6, 6.07) is 0. The monoisotopic (exact) mass is 257 g/mol. The fourth-order valence-corrected chi connectivity index (χ4v) is 2.63. The van der Waals surface area contributed by atoms with Gasteiger partial charge in [0.1, 0.15) is 0 Å². The van der Waals surface area contributed by atoms with Gasteiger partial charge in [0.05, 0.1) is 13.2 Å². The smallest absolute Gasteiger partial charge is 0.338 e. The molecule has 0 aromatic rings. The number of carbonyl (C=O) groups is 2. The van der Waals surface area contributed by atoms with E-state index in [2.05, 4.69) is 5.32 Å². The van der Waals surface area contributed by atoms with Gasteiger partial charge in [-0.1, -0.05) is 13.8 Å². The molecule has 0 aromatic heterocycles. The minimum absolute atomic E-state index is 0.0874. The first-order chi connectivity index (χ1) is 8.50. The molecule has 1 fully saturated rings. The number of carbonyl (C=O) groups excluding carboxylic acids is 2. The molecule has 1 saturated heterocycles. The minimum atomic E-state index is -1.32. The molecule has 1 N–H and O–H groups in total. The van der Waals surface area contributed by atoms with Crippen LogP contribution in [-0.4, -0.2) is 37.2 Å². The molecule has 5 heteroatoms. The number of hydrogen-bond acceptors (Lipinski definition) is 5. The van der Waals surface area contributed by atoms with E-state index < -0.39 is 17.5 Å². The van der Waals surface area contributed by atoms with Crippen LogP contribution in [0.1, 0.15) is 34.1 Å². The summed E-state index contributed by atoms with van der Waals surface area (Å²) in [6.07, 6.45) is 0.773. The Balaban J connectivity index is 3.07. The van der Waals surface area contributed by atoms with Gasteiger partial charge in [0, 0.05) is 5.92 Å². The Morgan fingerprint density at radius 3 is 2.11 bits per heavy atom. The van der Waals surface area contributed by atoms with Crippen LogP contribution in [-0.2, 0) is 19.1 Å². The fraction of sp³-hybridized carbons (Fsp3) is 0.846. The molecule has 0 amide bonds. The summed E-state index contributed by atoms with van der Waals surface area (Å²) in [7, 11) is 0.